The second-order valence-corrected chi connectivity index (χ2v) is 3.17. The van der Waals surface area contributed by atoms with E-state index in [9.17, 15) is 4.79 Å². The number of hydrogen-bond donors (Lipinski definition) is 2. The zero-order valence-corrected chi connectivity index (χ0v) is 7.37. The minimum atomic E-state index is -0.873. The standard InChI is InChI=1S/C9H10O2S/c10-9(11)8(12)6-7-4-2-1-3-5-7/h1-5,8,12H,6H2,(H,10,11)/t8-/m0/s1. The van der Waals surface area contributed by atoms with Crippen molar-refractivity contribution in [1.82, 2.24) is 0 Å². The normalized spacial score (nSPS) is 12.4. The predicted molar refractivity (Wildman–Crippen MR) is 50.6 cm³/mol. The molecule has 1 aromatic carbocycles. The molecule has 1 N–H and O–H groups in total. The molecule has 1 atom stereocenters. The van der Waals surface area contributed by atoms with Gasteiger partial charge in [-0.1, -0.05) is 30.3 Å². The first-order valence-electron chi connectivity index (χ1n) is 3.65. The van der Waals surface area contributed by atoms with Crippen molar-refractivity contribution < 1.29 is 9.90 Å². The molecule has 2 nitrogen and oxygen atoms in total. The Bertz CT molecular complexity index is 258. The van der Waals surface area contributed by atoms with Gasteiger partial charge in [0.15, 0.2) is 0 Å². The maximum atomic E-state index is 10.4. The van der Waals surface area contributed by atoms with Gasteiger partial charge in [-0.05, 0) is 12.0 Å². The van der Waals surface area contributed by atoms with Gasteiger partial charge in [-0.25, -0.2) is 0 Å². The Kier molecular flexibility index (Phi) is 3.17. The third-order valence-electron chi connectivity index (χ3n) is 1.56. The Labute approximate surface area is 76.6 Å². The highest BCUT2D eigenvalue weighted by molar-refractivity contribution is 7.81. The number of thiol groups is 1. The van der Waals surface area contributed by atoms with E-state index < -0.39 is 11.2 Å². The lowest BCUT2D eigenvalue weighted by molar-refractivity contribution is -0.136. The fourth-order valence-electron chi connectivity index (χ4n) is 0.925. The van der Waals surface area contributed by atoms with Crippen molar-refractivity contribution in [2.45, 2.75) is 11.7 Å². The first kappa shape index (κ1) is 9.13. The van der Waals surface area contributed by atoms with Gasteiger partial charge in [0.25, 0.3) is 0 Å². The van der Waals surface area contributed by atoms with E-state index in [4.69, 9.17) is 5.11 Å². The third kappa shape index (κ3) is 2.58. The largest absolute Gasteiger partial charge is 0.480 e. The number of benzene rings is 1. The van der Waals surface area contributed by atoms with Gasteiger partial charge in [-0.15, -0.1) is 0 Å². The van der Waals surface area contributed by atoms with Crippen LogP contribution in [-0.2, 0) is 11.2 Å². The summed E-state index contributed by atoms with van der Waals surface area (Å²) in [7, 11) is 0. The molecule has 0 aliphatic carbocycles. The van der Waals surface area contributed by atoms with Crippen LogP contribution in [0.2, 0.25) is 0 Å². The van der Waals surface area contributed by atoms with Crippen LogP contribution in [0.5, 0.6) is 0 Å². The van der Waals surface area contributed by atoms with Gasteiger partial charge in [-0.2, -0.15) is 12.6 Å². The molecule has 0 aliphatic rings. The van der Waals surface area contributed by atoms with Gasteiger partial charge in [0.05, 0.1) is 0 Å². The van der Waals surface area contributed by atoms with Crippen molar-refractivity contribution in [2.24, 2.45) is 0 Å². The molecule has 0 fully saturated rings. The van der Waals surface area contributed by atoms with E-state index in [0.717, 1.165) is 5.56 Å². The van der Waals surface area contributed by atoms with Crippen molar-refractivity contribution in [3.8, 4) is 0 Å². The fourth-order valence-corrected chi connectivity index (χ4v) is 1.14. The second-order valence-electron chi connectivity index (χ2n) is 2.54. The number of carboxylic acid groups (broad SMARTS) is 1. The Morgan fingerprint density at radius 3 is 2.50 bits per heavy atom. The third-order valence-corrected chi connectivity index (χ3v) is 1.96. The molecular formula is C9H10O2S. The maximum absolute atomic E-state index is 10.4. The van der Waals surface area contributed by atoms with Crippen molar-refractivity contribution >= 4 is 18.6 Å². The summed E-state index contributed by atoms with van der Waals surface area (Å²) < 4.78 is 0. The molecule has 0 radical (unpaired) electrons. The number of carboxylic acids is 1. The summed E-state index contributed by atoms with van der Waals surface area (Å²) in [6, 6.07) is 9.46. The maximum Gasteiger partial charge on any atom is 0.316 e. The average Bonchev–Trinajstić information content (AvgIpc) is 2.06. The van der Waals surface area contributed by atoms with E-state index in [1.165, 1.54) is 0 Å². The van der Waals surface area contributed by atoms with Gasteiger partial charge in [-0.3, -0.25) is 4.79 Å². The quantitative estimate of drug-likeness (QED) is 0.697. The Morgan fingerprint density at radius 1 is 1.42 bits per heavy atom. The fraction of sp³-hybridized carbons (Fsp3) is 0.222. The lowest BCUT2D eigenvalue weighted by Crippen LogP contribution is -2.15. The summed E-state index contributed by atoms with van der Waals surface area (Å²) in [4.78, 5) is 10.4. The number of carbonyl (C=O) groups is 1. The second kappa shape index (κ2) is 4.16. The number of rotatable bonds is 3. The van der Waals surface area contributed by atoms with Crippen LogP contribution in [0, 0.1) is 0 Å². The molecule has 0 heterocycles. The van der Waals surface area contributed by atoms with Gasteiger partial charge in [0, 0.05) is 0 Å². The SMILES string of the molecule is O=C(O)[C@@H](S)Cc1ccccc1. The van der Waals surface area contributed by atoms with Crippen LogP contribution in [0.1, 0.15) is 5.56 Å². The first-order chi connectivity index (χ1) is 5.70. The van der Waals surface area contributed by atoms with E-state index in [-0.39, 0.29) is 0 Å². The predicted octanol–water partition coefficient (Wildman–Crippen LogP) is 1.61. The smallest absolute Gasteiger partial charge is 0.316 e. The molecule has 0 amide bonds. The molecular weight excluding hydrogens is 172 g/mol. The molecule has 0 aliphatic heterocycles. The lowest BCUT2D eigenvalue weighted by Gasteiger charge is -2.03. The molecule has 0 unspecified atom stereocenters. The van der Waals surface area contributed by atoms with E-state index >= 15 is 0 Å². The minimum Gasteiger partial charge on any atom is -0.480 e. The van der Waals surface area contributed by atoms with Gasteiger partial charge in [0.2, 0.25) is 0 Å². The summed E-state index contributed by atoms with van der Waals surface area (Å²) >= 11 is 3.94. The monoisotopic (exact) mass is 182 g/mol. The molecule has 1 rings (SSSR count). The highest BCUT2D eigenvalue weighted by Gasteiger charge is 2.11. The molecule has 3 heteroatoms. The topological polar surface area (TPSA) is 37.3 Å². The highest BCUT2D eigenvalue weighted by atomic mass is 32.1. The summed E-state index contributed by atoms with van der Waals surface area (Å²) in [5, 5.41) is 7.96. The van der Waals surface area contributed by atoms with Gasteiger partial charge in [0.1, 0.15) is 5.25 Å². The first-order valence-corrected chi connectivity index (χ1v) is 4.16. The van der Waals surface area contributed by atoms with Gasteiger partial charge >= 0.3 is 5.97 Å². The lowest BCUT2D eigenvalue weighted by atomic mass is 10.1. The van der Waals surface area contributed by atoms with Crippen LogP contribution in [0.25, 0.3) is 0 Å². The zero-order chi connectivity index (χ0) is 8.97. The Hall–Kier alpha value is -0.960. The van der Waals surface area contributed by atoms with Crippen molar-refractivity contribution in [3.63, 3.8) is 0 Å². The van der Waals surface area contributed by atoms with Crippen molar-refractivity contribution in [1.29, 1.82) is 0 Å². The minimum absolute atomic E-state index is 0.472. The van der Waals surface area contributed by atoms with Crippen molar-refractivity contribution in [2.75, 3.05) is 0 Å². The van der Waals surface area contributed by atoms with E-state index in [1.807, 2.05) is 30.3 Å². The summed E-state index contributed by atoms with van der Waals surface area (Å²) in [6.45, 7) is 0. The van der Waals surface area contributed by atoms with Crippen LogP contribution in [-0.4, -0.2) is 16.3 Å². The highest BCUT2D eigenvalue weighted by Crippen LogP contribution is 2.07. The van der Waals surface area contributed by atoms with Crippen LogP contribution < -0.4 is 0 Å². The summed E-state index contributed by atoms with van der Waals surface area (Å²) in [6.07, 6.45) is 0.472. The molecule has 0 aromatic heterocycles. The summed E-state index contributed by atoms with van der Waals surface area (Å²) in [5.41, 5.74) is 1.000. The zero-order valence-electron chi connectivity index (χ0n) is 6.47. The van der Waals surface area contributed by atoms with Gasteiger partial charge < -0.3 is 5.11 Å². The summed E-state index contributed by atoms with van der Waals surface area (Å²) in [5.74, 6) is -0.873. The molecule has 1 aromatic rings. The number of hydrogen-bond acceptors (Lipinski definition) is 2. The van der Waals surface area contributed by atoms with Crippen LogP contribution in [0.4, 0.5) is 0 Å². The molecule has 0 spiro atoms. The molecule has 64 valence electrons. The molecule has 0 saturated heterocycles. The van der Waals surface area contributed by atoms with E-state index in [0.29, 0.717) is 6.42 Å². The molecule has 0 saturated carbocycles. The van der Waals surface area contributed by atoms with Crippen molar-refractivity contribution in [3.05, 3.63) is 35.9 Å². The molecule has 12 heavy (non-hydrogen) atoms. The van der Waals surface area contributed by atoms with Crippen LogP contribution >= 0.6 is 12.6 Å². The van der Waals surface area contributed by atoms with E-state index in [1.54, 1.807) is 0 Å². The van der Waals surface area contributed by atoms with E-state index in [2.05, 4.69) is 12.6 Å². The number of aliphatic carboxylic acids is 1. The molecule has 0 bridgehead atoms. The Balaban J connectivity index is 2.58. The van der Waals surface area contributed by atoms with Crippen LogP contribution in [0.3, 0.4) is 0 Å². The van der Waals surface area contributed by atoms with Crippen LogP contribution in [0.15, 0.2) is 30.3 Å². The average molecular weight is 182 g/mol. The Morgan fingerprint density at radius 2 is 2.00 bits per heavy atom.